The van der Waals surface area contributed by atoms with Gasteiger partial charge in [-0.2, -0.15) is 0 Å². The predicted octanol–water partition coefficient (Wildman–Crippen LogP) is 6.14. The van der Waals surface area contributed by atoms with Gasteiger partial charge in [0.25, 0.3) is 0 Å². The third-order valence-corrected chi connectivity index (χ3v) is 12.1. The number of hydrogen-bond acceptors (Lipinski definition) is 6. The first-order valence-electron chi connectivity index (χ1n) is 15.2. The molecule has 4 heterocycles. The largest absolute Gasteiger partial charge is 0.356 e. The topological polar surface area (TPSA) is 62.2 Å². The van der Waals surface area contributed by atoms with Crippen molar-refractivity contribution in [2.45, 2.75) is 41.3 Å². The van der Waals surface area contributed by atoms with E-state index in [1.54, 1.807) is 0 Å². The Bertz CT molecular complexity index is 1840. The van der Waals surface area contributed by atoms with Crippen LogP contribution in [0.5, 0.6) is 0 Å². The minimum atomic E-state index is -1.19. The fourth-order valence-corrected chi connectivity index (χ4v) is 10.6. The Morgan fingerprint density at radius 2 is 1.60 bits per heavy atom. The van der Waals surface area contributed by atoms with E-state index in [0.717, 1.165) is 40.3 Å². The average Bonchev–Trinajstić information content (AvgIpc) is 3.60. The van der Waals surface area contributed by atoms with Crippen LogP contribution < -0.4 is 0 Å². The Morgan fingerprint density at radius 1 is 0.884 bits per heavy atom. The van der Waals surface area contributed by atoms with Gasteiger partial charge in [-0.25, -0.2) is 4.99 Å². The van der Waals surface area contributed by atoms with Crippen molar-refractivity contribution >= 4 is 39.4 Å². The van der Waals surface area contributed by atoms with E-state index >= 15 is 9.59 Å². The van der Waals surface area contributed by atoms with Crippen LogP contribution in [-0.2, 0) is 15.1 Å². The highest BCUT2D eigenvalue weighted by molar-refractivity contribution is 8.16. The third kappa shape index (κ3) is 3.10. The van der Waals surface area contributed by atoms with Crippen LogP contribution in [0.2, 0.25) is 0 Å². The number of aliphatic imine (C=N–C) groups is 1. The van der Waals surface area contributed by atoms with E-state index < -0.39 is 10.3 Å². The number of thioether (sulfide) groups is 1. The van der Waals surface area contributed by atoms with Crippen molar-refractivity contribution in [3.63, 3.8) is 0 Å². The number of carbonyl (C=O) groups is 2. The summed E-state index contributed by atoms with van der Waals surface area (Å²) in [5, 5.41) is 2.67. The van der Waals surface area contributed by atoms with E-state index in [-0.39, 0.29) is 35.8 Å². The molecule has 4 aliphatic heterocycles. The molecule has 1 amide bonds. The van der Waals surface area contributed by atoms with Gasteiger partial charge < -0.3 is 4.74 Å². The summed E-state index contributed by atoms with van der Waals surface area (Å²) >= 11 is 1.51. The first-order valence-corrected chi connectivity index (χ1v) is 16.0. The van der Waals surface area contributed by atoms with Crippen LogP contribution in [0.1, 0.15) is 51.8 Å². The van der Waals surface area contributed by atoms with Crippen molar-refractivity contribution in [1.29, 1.82) is 0 Å². The Morgan fingerprint density at radius 3 is 2.37 bits per heavy atom. The molecule has 3 saturated heterocycles. The molecule has 6 nitrogen and oxygen atoms in total. The van der Waals surface area contributed by atoms with Gasteiger partial charge >= 0.3 is 0 Å². The number of benzene rings is 4. The maximum atomic E-state index is 15.7. The van der Waals surface area contributed by atoms with Crippen molar-refractivity contribution in [1.82, 2.24) is 9.80 Å². The van der Waals surface area contributed by atoms with E-state index in [9.17, 15) is 0 Å². The fourth-order valence-electron chi connectivity index (χ4n) is 8.87. The molecule has 0 radical (unpaired) electrons. The quantitative estimate of drug-likeness (QED) is 0.283. The smallest absolute Gasteiger partial charge is 0.249 e. The number of fused-ring (bicyclic) bond motifs is 4. The second kappa shape index (κ2) is 9.11. The Labute approximate surface area is 254 Å². The molecule has 2 spiro atoms. The number of likely N-dealkylation sites (tertiary alicyclic amines) is 1. The molecule has 0 saturated carbocycles. The number of likely N-dealkylation sites (N-methyl/N-ethyl adjacent to an activating group) is 1. The first-order chi connectivity index (χ1) is 21.1. The highest BCUT2D eigenvalue weighted by Gasteiger charge is 2.78. The summed E-state index contributed by atoms with van der Waals surface area (Å²) in [4.78, 5) is 40.2. The Kier molecular flexibility index (Phi) is 5.45. The fraction of sp³-hybridized carbons (Fsp3) is 0.306. The summed E-state index contributed by atoms with van der Waals surface area (Å²) in [5.74, 6) is -0.209. The lowest BCUT2D eigenvalue weighted by Gasteiger charge is -2.45. The lowest BCUT2D eigenvalue weighted by Crippen LogP contribution is -2.61. The molecular formula is C36H31N3O3S. The first kappa shape index (κ1) is 25.7. The van der Waals surface area contributed by atoms with Crippen LogP contribution in [0, 0.1) is 5.92 Å². The number of Topliss-reactive ketones (excluding diaryl/α,β-unsaturated/α-hetero) is 1. The number of carbonyl (C=O) groups excluding carboxylic acids is 2. The van der Waals surface area contributed by atoms with Crippen LogP contribution in [0.25, 0.3) is 10.8 Å². The second-order valence-electron chi connectivity index (χ2n) is 12.4. The van der Waals surface area contributed by atoms with Crippen LogP contribution in [-0.4, -0.2) is 57.8 Å². The monoisotopic (exact) mass is 585 g/mol. The summed E-state index contributed by atoms with van der Waals surface area (Å²) in [6, 6.07) is 32.5. The molecule has 0 bridgehead atoms. The molecule has 43 heavy (non-hydrogen) atoms. The van der Waals surface area contributed by atoms with E-state index in [0.29, 0.717) is 23.9 Å². The van der Waals surface area contributed by atoms with Gasteiger partial charge in [0.05, 0.1) is 6.04 Å². The highest BCUT2D eigenvalue weighted by Crippen LogP contribution is 2.68. The molecule has 7 heteroatoms. The maximum absolute atomic E-state index is 15.7. The number of amidine groups is 1. The molecule has 4 aromatic rings. The average molecular weight is 586 g/mol. The van der Waals surface area contributed by atoms with Gasteiger partial charge in [0.15, 0.2) is 17.2 Å². The van der Waals surface area contributed by atoms with E-state index in [1.165, 1.54) is 11.8 Å². The third-order valence-electron chi connectivity index (χ3n) is 10.5. The standard InChI is InChI=1S/C36H31N3O3S/c1-38-21-28(22-11-4-2-5-12-22)36(35(38)27-19-9-16-23-15-8-17-25(29(23)27)31(35)40)33(41)39-30(24-13-6-3-7-14-24)26-18-10-20-42-32(26)37-34(39)43-36/h2-9,11-17,19,26,28,30,32H,10,18,20-21H2,1H3/t26?,28-,30?,32?,35+,36-/m1/s1. The summed E-state index contributed by atoms with van der Waals surface area (Å²) in [6.07, 6.45) is 1.55. The maximum Gasteiger partial charge on any atom is 0.249 e. The van der Waals surface area contributed by atoms with Crippen molar-refractivity contribution < 1.29 is 14.3 Å². The lowest BCUT2D eigenvalue weighted by atomic mass is 9.70. The molecule has 3 unspecified atom stereocenters. The van der Waals surface area contributed by atoms with Crippen LogP contribution in [0.4, 0.5) is 0 Å². The molecule has 214 valence electrons. The number of hydrogen-bond donors (Lipinski definition) is 0. The van der Waals surface area contributed by atoms with Gasteiger partial charge in [0.2, 0.25) is 5.91 Å². The van der Waals surface area contributed by atoms with E-state index in [2.05, 4.69) is 47.4 Å². The number of rotatable bonds is 2. The summed E-state index contributed by atoms with van der Waals surface area (Å²) in [5.41, 5.74) is 2.59. The SMILES string of the molecule is CN1C[C@H](c2ccccc2)[C@]2(SC3=NC4OCCCC4C(c4ccccc4)N3C2=O)[C@]12C(=O)c1cccc3cccc2c13. The molecule has 6 atom stereocenters. The van der Waals surface area contributed by atoms with Gasteiger partial charge in [-0.05, 0) is 47.4 Å². The van der Waals surface area contributed by atoms with Gasteiger partial charge in [-0.3, -0.25) is 19.4 Å². The number of ether oxygens (including phenoxy) is 1. The van der Waals surface area contributed by atoms with Crippen molar-refractivity contribution in [2.75, 3.05) is 20.2 Å². The zero-order valence-corrected chi connectivity index (χ0v) is 24.7. The number of amides is 1. The van der Waals surface area contributed by atoms with Gasteiger partial charge in [-0.1, -0.05) is 109 Å². The minimum Gasteiger partial charge on any atom is -0.356 e. The van der Waals surface area contributed by atoms with Crippen LogP contribution in [0.15, 0.2) is 102 Å². The second-order valence-corrected chi connectivity index (χ2v) is 13.7. The lowest BCUT2D eigenvalue weighted by molar-refractivity contribution is -0.137. The van der Waals surface area contributed by atoms with E-state index in [1.807, 2.05) is 66.5 Å². The highest BCUT2D eigenvalue weighted by atomic mass is 32.2. The molecular weight excluding hydrogens is 554 g/mol. The van der Waals surface area contributed by atoms with Gasteiger partial charge in [0.1, 0.15) is 10.3 Å². The summed E-state index contributed by atoms with van der Waals surface area (Å²) < 4.78 is 5.12. The molecule has 9 rings (SSSR count). The van der Waals surface area contributed by atoms with Gasteiger partial charge in [-0.15, -0.1) is 0 Å². The zero-order valence-electron chi connectivity index (χ0n) is 23.9. The Balaban J connectivity index is 1.33. The number of ketones is 1. The summed E-state index contributed by atoms with van der Waals surface area (Å²) in [6.45, 7) is 1.23. The normalized spacial score (nSPS) is 33.0. The Hall–Kier alpha value is -3.78. The predicted molar refractivity (Wildman–Crippen MR) is 168 cm³/mol. The zero-order chi connectivity index (χ0) is 28.9. The minimum absolute atomic E-state index is 0.00598. The molecule has 4 aromatic carbocycles. The van der Waals surface area contributed by atoms with Crippen molar-refractivity contribution in [3.05, 3.63) is 119 Å². The van der Waals surface area contributed by atoms with Gasteiger partial charge in [0, 0.05) is 30.6 Å². The molecule has 0 aromatic heterocycles. The van der Waals surface area contributed by atoms with Crippen molar-refractivity contribution in [3.8, 4) is 0 Å². The molecule has 1 aliphatic carbocycles. The van der Waals surface area contributed by atoms with Crippen molar-refractivity contribution in [2.24, 2.45) is 10.9 Å². The molecule has 0 N–H and O–H groups in total. The van der Waals surface area contributed by atoms with Crippen LogP contribution in [0.3, 0.4) is 0 Å². The number of nitrogens with zero attached hydrogens (tertiary/aromatic N) is 3. The molecule has 5 aliphatic rings. The van der Waals surface area contributed by atoms with Crippen LogP contribution >= 0.6 is 11.8 Å². The molecule has 3 fully saturated rings. The summed E-state index contributed by atoms with van der Waals surface area (Å²) in [7, 11) is 2.03. The van der Waals surface area contributed by atoms with E-state index in [4.69, 9.17) is 9.73 Å².